The molecule has 0 spiro atoms. The maximum absolute atomic E-state index is 14.2. The third-order valence-electron chi connectivity index (χ3n) is 6.60. The smallest absolute Gasteiger partial charge is 0.264 e. The number of nitrogens with zero attached hydrogens (tertiary/aromatic N) is 2. The molecular formula is C31H38FN3O6S. The molecule has 0 fully saturated rings. The molecule has 1 atom stereocenters. The van der Waals surface area contributed by atoms with Gasteiger partial charge in [0, 0.05) is 19.2 Å². The van der Waals surface area contributed by atoms with Crippen LogP contribution in [0, 0.1) is 11.7 Å². The van der Waals surface area contributed by atoms with Crippen LogP contribution in [-0.2, 0) is 26.2 Å². The number of hydrogen-bond donors (Lipinski definition) is 1. The topological polar surface area (TPSA) is 105 Å². The van der Waals surface area contributed by atoms with Crippen molar-refractivity contribution < 1.29 is 31.9 Å². The highest BCUT2D eigenvalue weighted by Gasteiger charge is 2.35. The zero-order valence-electron chi connectivity index (χ0n) is 24.5. The van der Waals surface area contributed by atoms with E-state index >= 15 is 0 Å². The van der Waals surface area contributed by atoms with E-state index in [2.05, 4.69) is 5.32 Å². The van der Waals surface area contributed by atoms with E-state index < -0.39 is 34.3 Å². The summed E-state index contributed by atoms with van der Waals surface area (Å²) >= 11 is 0. The molecule has 226 valence electrons. The maximum atomic E-state index is 14.2. The molecule has 3 rings (SSSR count). The number of methoxy groups -OCH3 is 2. The molecule has 2 amide bonds. The van der Waals surface area contributed by atoms with Crippen molar-refractivity contribution in [3.05, 3.63) is 84.2 Å². The Morgan fingerprint density at radius 1 is 0.952 bits per heavy atom. The van der Waals surface area contributed by atoms with E-state index in [9.17, 15) is 22.4 Å². The molecule has 0 unspecified atom stereocenters. The fraction of sp³-hybridized carbons (Fsp3) is 0.355. The van der Waals surface area contributed by atoms with Gasteiger partial charge in [0.25, 0.3) is 10.0 Å². The van der Waals surface area contributed by atoms with Gasteiger partial charge in [-0.1, -0.05) is 51.1 Å². The number of anilines is 1. The Labute approximate surface area is 247 Å². The molecule has 0 aromatic heterocycles. The quantitative estimate of drug-likeness (QED) is 0.290. The van der Waals surface area contributed by atoms with Crippen LogP contribution in [0.1, 0.15) is 32.8 Å². The summed E-state index contributed by atoms with van der Waals surface area (Å²) in [5.74, 6) is -0.694. The first-order valence-electron chi connectivity index (χ1n) is 13.6. The molecule has 0 bridgehead atoms. The van der Waals surface area contributed by atoms with E-state index in [1.54, 1.807) is 37.3 Å². The zero-order chi connectivity index (χ0) is 30.9. The number of hydrogen-bond acceptors (Lipinski definition) is 6. The van der Waals surface area contributed by atoms with Crippen molar-refractivity contribution in [1.82, 2.24) is 10.2 Å². The van der Waals surface area contributed by atoms with Gasteiger partial charge in [0.1, 0.15) is 29.9 Å². The average molecular weight is 600 g/mol. The molecule has 0 aliphatic rings. The monoisotopic (exact) mass is 599 g/mol. The van der Waals surface area contributed by atoms with Crippen molar-refractivity contribution >= 4 is 27.5 Å². The van der Waals surface area contributed by atoms with E-state index in [4.69, 9.17) is 9.47 Å². The molecule has 0 aliphatic carbocycles. The van der Waals surface area contributed by atoms with Gasteiger partial charge in [-0.3, -0.25) is 13.9 Å². The largest absolute Gasteiger partial charge is 0.497 e. The first-order chi connectivity index (χ1) is 20.0. The van der Waals surface area contributed by atoms with Crippen molar-refractivity contribution in [2.45, 2.75) is 44.7 Å². The average Bonchev–Trinajstić information content (AvgIpc) is 2.99. The summed E-state index contributed by atoms with van der Waals surface area (Å²) in [6.07, 6.45) is 0.269. The van der Waals surface area contributed by atoms with Gasteiger partial charge in [0.15, 0.2) is 0 Å². The molecule has 9 nitrogen and oxygen atoms in total. The van der Waals surface area contributed by atoms with E-state index in [0.717, 1.165) is 4.31 Å². The Balaban J connectivity index is 2.12. The molecule has 0 aliphatic heterocycles. The summed E-state index contributed by atoms with van der Waals surface area (Å²) in [7, 11) is -1.45. The highest BCUT2D eigenvalue weighted by atomic mass is 32.2. The van der Waals surface area contributed by atoms with Crippen molar-refractivity contribution in [3.63, 3.8) is 0 Å². The second kappa shape index (κ2) is 14.7. The summed E-state index contributed by atoms with van der Waals surface area (Å²) in [5, 5.41) is 2.88. The van der Waals surface area contributed by atoms with Crippen LogP contribution in [-0.4, -0.2) is 58.5 Å². The molecule has 0 heterocycles. The second-order valence-electron chi connectivity index (χ2n) is 10.1. The molecule has 11 heteroatoms. The molecule has 0 radical (unpaired) electrons. The van der Waals surface area contributed by atoms with Gasteiger partial charge in [-0.05, 0) is 54.3 Å². The van der Waals surface area contributed by atoms with Crippen LogP contribution in [0.4, 0.5) is 10.1 Å². The Morgan fingerprint density at radius 2 is 1.62 bits per heavy atom. The van der Waals surface area contributed by atoms with Gasteiger partial charge < -0.3 is 19.7 Å². The third-order valence-corrected chi connectivity index (χ3v) is 8.38. The minimum Gasteiger partial charge on any atom is -0.497 e. The first-order valence-corrected chi connectivity index (χ1v) is 15.1. The SMILES string of the molecule is CC[C@H](C(=O)NCC(C)C)N(Cc1ccc(F)cc1)C(=O)CN(c1cc(OC)ccc1OC)S(=O)(=O)c1ccccc1. The zero-order valence-corrected chi connectivity index (χ0v) is 25.4. The van der Waals surface area contributed by atoms with Crippen LogP contribution in [0.25, 0.3) is 0 Å². The Hall–Kier alpha value is -4.12. The Bertz CT molecular complexity index is 1450. The van der Waals surface area contributed by atoms with E-state index in [1.807, 2.05) is 13.8 Å². The third kappa shape index (κ3) is 8.00. The molecule has 0 saturated heterocycles. The van der Waals surface area contributed by atoms with E-state index in [0.29, 0.717) is 17.9 Å². The number of halogens is 1. The van der Waals surface area contributed by atoms with E-state index in [-0.39, 0.29) is 41.1 Å². The number of ether oxygens (including phenoxy) is 2. The Kier molecular flexibility index (Phi) is 11.3. The number of carbonyl (C=O) groups is 2. The molecule has 3 aromatic carbocycles. The number of benzene rings is 3. The second-order valence-corrected chi connectivity index (χ2v) is 11.9. The van der Waals surface area contributed by atoms with Gasteiger partial charge in [-0.15, -0.1) is 0 Å². The van der Waals surface area contributed by atoms with Crippen LogP contribution >= 0.6 is 0 Å². The summed E-state index contributed by atoms with van der Waals surface area (Å²) in [6.45, 7) is 5.40. The molecule has 3 aromatic rings. The van der Waals surface area contributed by atoms with Crippen LogP contribution in [0.3, 0.4) is 0 Å². The normalized spacial score (nSPS) is 12.0. The molecule has 42 heavy (non-hydrogen) atoms. The summed E-state index contributed by atoms with van der Waals surface area (Å²) in [5.41, 5.74) is 0.671. The first kappa shape index (κ1) is 32.4. The van der Waals surface area contributed by atoms with E-state index in [1.165, 1.54) is 61.6 Å². The van der Waals surface area contributed by atoms with Crippen molar-refractivity contribution in [2.75, 3.05) is 31.6 Å². The fourth-order valence-electron chi connectivity index (χ4n) is 4.35. The van der Waals surface area contributed by atoms with Gasteiger partial charge in [0.2, 0.25) is 11.8 Å². The van der Waals surface area contributed by atoms with Crippen LogP contribution < -0.4 is 19.1 Å². The van der Waals surface area contributed by atoms with Crippen molar-refractivity contribution in [2.24, 2.45) is 5.92 Å². The predicted molar refractivity (Wildman–Crippen MR) is 159 cm³/mol. The number of nitrogens with one attached hydrogen (secondary N) is 1. The predicted octanol–water partition coefficient (Wildman–Crippen LogP) is 4.62. The summed E-state index contributed by atoms with van der Waals surface area (Å²) < 4.78 is 53.5. The van der Waals surface area contributed by atoms with Crippen molar-refractivity contribution in [1.29, 1.82) is 0 Å². The number of amides is 2. The molecular weight excluding hydrogens is 561 g/mol. The van der Waals surface area contributed by atoms with Gasteiger partial charge in [-0.25, -0.2) is 12.8 Å². The highest BCUT2D eigenvalue weighted by Crippen LogP contribution is 2.36. The lowest BCUT2D eigenvalue weighted by Gasteiger charge is -2.33. The minimum atomic E-state index is -4.29. The lowest BCUT2D eigenvalue weighted by molar-refractivity contribution is -0.140. The standard InChI is InChI=1S/C31H38FN3O6S/c1-6-27(31(37)33-19-22(2)3)34(20-23-12-14-24(32)15-13-23)30(36)21-35(42(38,39)26-10-8-7-9-11-26)28-18-25(40-4)16-17-29(28)41-5/h7-18,22,27H,6,19-21H2,1-5H3,(H,33,37)/t27-/m1/s1. The summed E-state index contributed by atoms with van der Waals surface area (Å²) in [6, 6.07) is 17.1. The van der Waals surface area contributed by atoms with Gasteiger partial charge in [-0.2, -0.15) is 0 Å². The Morgan fingerprint density at radius 3 is 2.19 bits per heavy atom. The lowest BCUT2D eigenvalue weighted by atomic mass is 10.1. The lowest BCUT2D eigenvalue weighted by Crippen LogP contribution is -2.52. The van der Waals surface area contributed by atoms with Gasteiger partial charge in [0.05, 0.1) is 24.8 Å². The molecule has 0 saturated carbocycles. The number of carbonyl (C=O) groups excluding carboxylic acids is 2. The van der Waals surface area contributed by atoms with Crippen LogP contribution in [0.2, 0.25) is 0 Å². The fourth-order valence-corrected chi connectivity index (χ4v) is 5.79. The number of rotatable bonds is 14. The molecule has 1 N–H and O–H groups in total. The highest BCUT2D eigenvalue weighted by molar-refractivity contribution is 7.92. The maximum Gasteiger partial charge on any atom is 0.264 e. The van der Waals surface area contributed by atoms with Crippen LogP contribution in [0.5, 0.6) is 11.5 Å². The van der Waals surface area contributed by atoms with Gasteiger partial charge >= 0.3 is 0 Å². The van der Waals surface area contributed by atoms with Crippen molar-refractivity contribution in [3.8, 4) is 11.5 Å². The van der Waals surface area contributed by atoms with Crippen LogP contribution in [0.15, 0.2) is 77.7 Å². The number of sulfonamides is 1. The summed E-state index contributed by atoms with van der Waals surface area (Å²) in [4.78, 5) is 28.8. The minimum absolute atomic E-state index is 0.0329.